The molecular weight excluding hydrogens is 218 g/mol. The van der Waals surface area contributed by atoms with Crippen LogP contribution in [0.1, 0.15) is 26.2 Å². The van der Waals surface area contributed by atoms with Crippen LogP contribution in [0.4, 0.5) is 5.69 Å². The highest BCUT2D eigenvalue weighted by atomic mass is 16.5. The number of aromatic nitrogens is 2. The molecule has 17 heavy (non-hydrogen) atoms. The van der Waals surface area contributed by atoms with Crippen molar-refractivity contribution >= 4 is 5.69 Å². The molecule has 94 valence electrons. The lowest BCUT2D eigenvalue weighted by Gasteiger charge is -2.11. The van der Waals surface area contributed by atoms with Gasteiger partial charge in [-0.1, -0.05) is 6.92 Å². The molecule has 0 radical (unpaired) electrons. The molecule has 2 heterocycles. The fraction of sp³-hybridized carbons (Fsp3) is 0.667. The van der Waals surface area contributed by atoms with Gasteiger partial charge in [0.25, 0.3) is 5.56 Å². The lowest BCUT2D eigenvalue weighted by molar-refractivity contribution is 0.0927. The van der Waals surface area contributed by atoms with Gasteiger partial charge in [-0.25, -0.2) is 4.68 Å². The predicted molar refractivity (Wildman–Crippen MR) is 66.3 cm³/mol. The summed E-state index contributed by atoms with van der Waals surface area (Å²) >= 11 is 0. The maximum atomic E-state index is 11.8. The topological polar surface area (TPSA) is 56.1 Å². The van der Waals surface area contributed by atoms with Gasteiger partial charge in [-0.2, -0.15) is 5.10 Å². The summed E-state index contributed by atoms with van der Waals surface area (Å²) in [4.78, 5) is 11.8. The minimum absolute atomic E-state index is 0.0680. The van der Waals surface area contributed by atoms with Gasteiger partial charge in [0.1, 0.15) is 0 Å². The van der Waals surface area contributed by atoms with Crippen LogP contribution in [0.2, 0.25) is 0 Å². The van der Waals surface area contributed by atoms with E-state index in [2.05, 4.69) is 17.3 Å². The molecular formula is C12H19N3O2. The zero-order valence-electron chi connectivity index (χ0n) is 10.2. The van der Waals surface area contributed by atoms with Gasteiger partial charge in [-0.05, 0) is 19.3 Å². The molecule has 0 amide bonds. The van der Waals surface area contributed by atoms with E-state index < -0.39 is 0 Å². The lowest BCUT2D eigenvalue weighted by Crippen LogP contribution is -2.28. The summed E-state index contributed by atoms with van der Waals surface area (Å²) in [5.41, 5.74) is 0.724. The molecule has 1 saturated heterocycles. The van der Waals surface area contributed by atoms with E-state index in [1.54, 1.807) is 12.3 Å². The predicted octanol–water partition coefficient (Wildman–Crippen LogP) is 1.24. The Morgan fingerprint density at radius 2 is 2.53 bits per heavy atom. The monoisotopic (exact) mass is 237 g/mol. The third-order valence-electron chi connectivity index (χ3n) is 2.85. The summed E-state index contributed by atoms with van der Waals surface area (Å²) in [6, 6.07) is 1.59. The molecule has 1 aromatic rings. The average Bonchev–Trinajstić information content (AvgIpc) is 2.82. The number of rotatable bonds is 5. The first kappa shape index (κ1) is 12.1. The van der Waals surface area contributed by atoms with E-state index in [1.165, 1.54) is 4.68 Å². The molecule has 1 fully saturated rings. The van der Waals surface area contributed by atoms with Crippen LogP contribution in [0, 0.1) is 0 Å². The second kappa shape index (κ2) is 5.82. The summed E-state index contributed by atoms with van der Waals surface area (Å²) in [6.07, 6.45) is 4.97. The third kappa shape index (κ3) is 3.30. The molecule has 5 heteroatoms. The van der Waals surface area contributed by atoms with Crippen LogP contribution < -0.4 is 10.9 Å². The highest BCUT2D eigenvalue weighted by molar-refractivity contribution is 5.38. The Morgan fingerprint density at radius 3 is 3.18 bits per heavy atom. The van der Waals surface area contributed by atoms with Crippen molar-refractivity contribution < 1.29 is 4.74 Å². The number of nitrogens with zero attached hydrogens (tertiary/aromatic N) is 2. The van der Waals surface area contributed by atoms with E-state index in [1.807, 2.05) is 0 Å². The van der Waals surface area contributed by atoms with Crippen molar-refractivity contribution in [1.29, 1.82) is 0 Å². The van der Waals surface area contributed by atoms with Crippen molar-refractivity contribution in [3.8, 4) is 0 Å². The van der Waals surface area contributed by atoms with Gasteiger partial charge < -0.3 is 10.1 Å². The zero-order valence-corrected chi connectivity index (χ0v) is 10.2. The largest absolute Gasteiger partial charge is 0.384 e. The van der Waals surface area contributed by atoms with Gasteiger partial charge in [0, 0.05) is 19.2 Å². The zero-order chi connectivity index (χ0) is 12.1. The van der Waals surface area contributed by atoms with Crippen molar-refractivity contribution in [2.45, 2.75) is 38.8 Å². The van der Waals surface area contributed by atoms with Crippen molar-refractivity contribution in [1.82, 2.24) is 9.78 Å². The first-order valence-corrected chi connectivity index (χ1v) is 6.22. The molecule has 1 unspecified atom stereocenters. The van der Waals surface area contributed by atoms with Gasteiger partial charge in [0.2, 0.25) is 0 Å². The molecule has 1 N–H and O–H groups in total. The SMILES string of the molecule is CCCNc1cnn(CC2CCCO2)c(=O)c1. The van der Waals surface area contributed by atoms with E-state index in [0.29, 0.717) is 6.54 Å². The molecule has 1 aliphatic rings. The van der Waals surface area contributed by atoms with Crippen LogP contribution in [0.25, 0.3) is 0 Å². The van der Waals surface area contributed by atoms with Crippen LogP contribution in [-0.4, -0.2) is 29.0 Å². The van der Waals surface area contributed by atoms with Crippen LogP contribution in [0.5, 0.6) is 0 Å². The van der Waals surface area contributed by atoms with Crippen LogP contribution >= 0.6 is 0 Å². The lowest BCUT2D eigenvalue weighted by atomic mass is 10.2. The summed E-state index contributed by atoms with van der Waals surface area (Å²) in [6.45, 7) is 4.30. The summed E-state index contributed by atoms with van der Waals surface area (Å²) < 4.78 is 6.97. The Labute approximate surface area is 101 Å². The summed E-state index contributed by atoms with van der Waals surface area (Å²) in [5.74, 6) is 0. The van der Waals surface area contributed by atoms with Crippen molar-refractivity contribution in [3.05, 3.63) is 22.6 Å². The van der Waals surface area contributed by atoms with Crippen LogP contribution in [0.15, 0.2) is 17.1 Å². The molecule has 1 aromatic heterocycles. The van der Waals surface area contributed by atoms with Crippen molar-refractivity contribution in [2.24, 2.45) is 0 Å². The number of hydrogen-bond donors (Lipinski definition) is 1. The molecule has 0 saturated carbocycles. The Bertz CT molecular complexity index is 410. The standard InChI is InChI=1S/C12H19N3O2/c1-2-5-13-10-7-12(16)15(14-8-10)9-11-4-3-6-17-11/h7-8,11,13H,2-6,9H2,1H3. The Balaban J connectivity index is 2.00. The number of anilines is 1. The number of nitrogens with one attached hydrogen (secondary N) is 1. The minimum atomic E-state index is -0.0680. The van der Waals surface area contributed by atoms with E-state index >= 15 is 0 Å². The van der Waals surface area contributed by atoms with E-state index in [4.69, 9.17) is 4.74 Å². The molecule has 2 rings (SSSR count). The molecule has 0 spiro atoms. The fourth-order valence-corrected chi connectivity index (χ4v) is 1.92. The van der Waals surface area contributed by atoms with E-state index in [-0.39, 0.29) is 11.7 Å². The Kier molecular flexibility index (Phi) is 4.14. The number of hydrogen-bond acceptors (Lipinski definition) is 4. The molecule has 1 aliphatic heterocycles. The molecule has 0 aromatic carbocycles. The average molecular weight is 237 g/mol. The molecule has 5 nitrogen and oxygen atoms in total. The summed E-state index contributed by atoms with van der Waals surface area (Å²) in [7, 11) is 0. The van der Waals surface area contributed by atoms with E-state index in [0.717, 1.165) is 38.1 Å². The first-order valence-electron chi connectivity index (χ1n) is 6.22. The number of ether oxygens (including phenoxy) is 1. The quantitative estimate of drug-likeness (QED) is 0.837. The van der Waals surface area contributed by atoms with Crippen LogP contribution in [0.3, 0.4) is 0 Å². The van der Waals surface area contributed by atoms with E-state index in [9.17, 15) is 4.79 Å². The van der Waals surface area contributed by atoms with Crippen molar-refractivity contribution in [3.63, 3.8) is 0 Å². The maximum Gasteiger partial charge on any atom is 0.268 e. The van der Waals surface area contributed by atoms with Crippen LogP contribution in [-0.2, 0) is 11.3 Å². The smallest absolute Gasteiger partial charge is 0.268 e. The Hall–Kier alpha value is -1.36. The molecule has 1 atom stereocenters. The minimum Gasteiger partial charge on any atom is -0.384 e. The van der Waals surface area contributed by atoms with Gasteiger partial charge >= 0.3 is 0 Å². The van der Waals surface area contributed by atoms with Gasteiger partial charge in [0.05, 0.1) is 24.5 Å². The molecule has 0 aliphatic carbocycles. The summed E-state index contributed by atoms with van der Waals surface area (Å²) in [5, 5.41) is 7.31. The Morgan fingerprint density at radius 1 is 1.65 bits per heavy atom. The van der Waals surface area contributed by atoms with Gasteiger partial charge in [0.15, 0.2) is 0 Å². The highest BCUT2D eigenvalue weighted by Gasteiger charge is 2.16. The fourth-order valence-electron chi connectivity index (χ4n) is 1.92. The normalized spacial score (nSPS) is 19.5. The maximum absolute atomic E-state index is 11.8. The van der Waals surface area contributed by atoms with Gasteiger partial charge in [-0.15, -0.1) is 0 Å². The second-order valence-electron chi connectivity index (χ2n) is 4.33. The first-order chi connectivity index (χ1) is 8.29. The van der Waals surface area contributed by atoms with Crippen molar-refractivity contribution in [2.75, 3.05) is 18.5 Å². The highest BCUT2D eigenvalue weighted by Crippen LogP contribution is 2.12. The second-order valence-corrected chi connectivity index (χ2v) is 4.33. The third-order valence-corrected chi connectivity index (χ3v) is 2.85. The van der Waals surface area contributed by atoms with Gasteiger partial charge in [-0.3, -0.25) is 4.79 Å². The molecule has 0 bridgehead atoms.